The molecule has 6 heteroatoms. The number of nitrogens with one attached hydrogen (secondary N) is 1. The van der Waals surface area contributed by atoms with Crippen LogP contribution in [-0.2, 0) is 6.42 Å². The molecule has 1 aliphatic carbocycles. The van der Waals surface area contributed by atoms with Gasteiger partial charge in [-0.25, -0.2) is 9.97 Å². The maximum atomic E-state index is 13.3. The number of benzene rings is 1. The number of hydrogen-bond acceptors (Lipinski definition) is 6. The number of hydrogen-bond donors (Lipinski definition) is 2. The molecule has 0 atom stereocenters. The minimum atomic E-state index is 0. The molecule has 3 aromatic rings. The van der Waals surface area contributed by atoms with Gasteiger partial charge in [0.1, 0.15) is 11.6 Å². The van der Waals surface area contributed by atoms with Crippen LogP contribution in [0.5, 0.6) is 0 Å². The molecule has 0 amide bonds. The fraction of sp³-hybridized carbons (Fsp3) is 0.464. The predicted molar refractivity (Wildman–Crippen MR) is 140 cm³/mol. The Hall–Kier alpha value is -2.99. The van der Waals surface area contributed by atoms with Gasteiger partial charge in [0.2, 0.25) is 0 Å². The number of rotatable bonds is 8. The first-order valence-electron chi connectivity index (χ1n) is 12.2. The molecule has 6 nitrogen and oxygen atoms in total. The van der Waals surface area contributed by atoms with Crippen LogP contribution in [0.3, 0.4) is 0 Å². The molecule has 2 fully saturated rings. The van der Waals surface area contributed by atoms with Gasteiger partial charge in [0.15, 0.2) is 5.78 Å². The van der Waals surface area contributed by atoms with Crippen LogP contribution in [0.1, 0.15) is 66.9 Å². The van der Waals surface area contributed by atoms with Crippen LogP contribution >= 0.6 is 0 Å². The highest BCUT2D eigenvalue weighted by atomic mass is 16.1. The van der Waals surface area contributed by atoms with E-state index < -0.39 is 0 Å². The normalized spacial score (nSPS) is 16.9. The molecule has 34 heavy (non-hydrogen) atoms. The summed E-state index contributed by atoms with van der Waals surface area (Å²) < 4.78 is 0. The number of fused-ring (bicyclic) bond motifs is 1. The lowest BCUT2D eigenvalue weighted by Crippen LogP contribution is -2.33. The highest BCUT2D eigenvalue weighted by Gasteiger charge is 2.26. The van der Waals surface area contributed by atoms with Gasteiger partial charge < -0.3 is 16.0 Å². The zero-order valence-electron chi connectivity index (χ0n) is 19.4. The molecular weight excluding hydrogens is 422 g/mol. The third-order valence-corrected chi connectivity index (χ3v) is 7.15. The second-order valence-electron chi connectivity index (χ2n) is 9.74. The molecule has 2 aliphatic rings. The lowest BCUT2D eigenvalue weighted by molar-refractivity contribution is 0.0983. The van der Waals surface area contributed by atoms with Crippen LogP contribution in [0.4, 0.5) is 11.6 Å². The van der Waals surface area contributed by atoms with E-state index in [4.69, 9.17) is 10.7 Å². The Kier molecular flexibility index (Phi) is 7.47. The molecule has 5 rings (SSSR count). The molecule has 180 valence electrons. The molecule has 0 unspecified atom stereocenters. The van der Waals surface area contributed by atoms with Gasteiger partial charge in [0.25, 0.3) is 0 Å². The lowest BCUT2D eigenvalue weighted by atomic mass is 9.96. The Bertz CT molecular complexity index is 1150. The fourth-order valence-corrected chi connectivity index (χ4v) is 4.78. The van der Waals surface area contributed by atoms with Crippen LogP contribution in [0.2, 0.25) is 0 Å². The Balaban J connectivity index is 0.00000274. The molecular formula is C28H37N5O. The summed E-state index contributed by atoms with van der Waals surface area (Å²) in [4.78, 5) is 24.6. The number of aromatic nitrogens is 2. The molecule has 0 bridgehead atoms. The highest BCUT2D eigenvalue weighted by molar-refractivity contribution is 6.00. The third-order valence-electron chi connectivity index (χ3n) is 7.15. The molecule has 3 heterocycles. The van der Waals surface area contributed by atoms with Gasteiger partial charge in [-0.2, -0.15) is 0 Å². The van der Waals surface area contributed by atoms with Gasteiger partial charge in [-0.1, -0.05) is 25.6 Å². The number of carbonyl (C=O) groups is 1. The summed E-state index contributed by atoms with van der Waals surface area (Å²) in [6, 6.07) is 10.2. The van der Waals surface area contributed by atoms with Gasteiger partial charge >= 0.3 is 0 Å². The van der Waals surface area contributed by atoms with E-state index in [1.165, 1.54) is 31.2 Å². The zero-order chi connectivity index (χ0) is 22.8. The van der Waals surface area contributed by atoms with Crippen LogP contribution in [0, 0.1) is 5.92 Å². The van der Waals surface area contributed by atoms with E-state index in [0.29, 0.717) is 30.5 Å². The van der Waals surface area contributed by atoms with E-state index in [2.05, 4.69) is 34.4 Å². The summed E-state index contributed by atoms with van der Waals surface area (Å²) >= 11 is 0. The number of likely N-dealkylation sites (tertiary alicyclic amines) is 1. The van der Waals surface area contributed by atoms with E-state index >= 15 is 0 Å². The van der Waals surface area contributed by atoms with Crippen molar-refractivity contribution in [2.75, 3.05) is 37.7 Å². The van der Waals surface area contributed by atoms with Crippen molar-refractivity contribution in [2.45, 2.75) is 51.9 Å². The van der Waals surface area contributed by atoms with Crippen LogP contribution in [-0.4, -0.2) is 47.3 Å². The number of nitrogen functional groups attached to an aromatic ring is 1. The first-order valence-corrected chi connectivity index (χ1v) is 12.2. The fourth-order valence-electron chi connectivity index (χ4n) is 4.78. The van der Waals surface area contributed by atoms with Gasteiger partial charge in [0.05, 0.1) is 5.56 Å². The van der Waals surface area contributed by atoms with Crippen molar-refractivity contribution in [1.82, 2.24) is 14.9 Å². The Labute approximate surface area is 203 Å². The van der Waals surface area contributed by atoms with Crippen molar-refractivity contribution in [1.29, 1.82) is 0 Å². The summed E-state index contributed by atoms with van der Waals surface area (Å²) in [5, 5.41) is 5.54. The second kappa shape index (κ2) is 10.5. The van der Waals surface area contributed by atoms with Crippen molar-refractivity contribution >= 4 is 28.2 Å². The van der Waals surface area contributed by atoms with Gasteiger partial charge in [0, 0.05) is 30.7 Å². The largest absolute Gasteiger partial charge is 0.383 e. The number of ketones is 1. The standard InChI is InChI=1S/C27H33N5O.CH4/c1-32-12-9-19(10-13-32)16-30-27-24(15-22(17-31-27)20-4-5-20)25(33)7-3-18-2-6-23-21(14-18)8-11-29-26(23)28;/h2,6,8,11,14-15,17,19-20H,3-5,7,9-10,12-13,16H2,1H3,(H2,28,29)(H,30,31);1H4. The van der Waals surface area contributed by atoms with E-state index in [1.54, 1.807) is 6.20 Å². The minimum Gasteiger partial charge on any atom is -0.383 e. The van der Waals surface area contributed by atoms with Crippen LogP contribution in [0.15, 0.2) is 42.7 Å². The van der Waals surface area contributed by atoms with E-state index in [1.807, 2.05) is 24.4 Å². The number of Topliss-reactive ketones (excluding diaryl/α,β-unsaturated/α-hetero) is 1. The van der Waals surface area contributed by atoms with Crippen LogP contribution < -0.4 is 11.1 Å². The smallest absolute Gasteiger partial charge is 0.166 e. The Morgan fingerprint density at radius 2 is 1.91 bits per heavy atom. The van der Waals surface area contributed by atoms with Gasteiger partial charge in [-0.15, -0.1) is 0 Å². The highest BCUT2D eigenvalue weighted by Crippen LogP contribution is 2.40. The Morgan fingerprint density at radius 3 is 2.68 bits per heavy atom. The molecule has 2 aromatic heterocycles. The van der Waals surface area contributed by atoms with E-state index in [9.17, 15) is 4.79 Å². The van der Waals surface area contributed by atoms with E-state index in [-0.39, 0.29) is 13.2 Å². The average Bonchev–Trinajstić information content (AvgIpc) is 3.68. The minimum absolute atomic E-state index is 0. The number of carbonyl (C=O) groups excluding carboxylic acids is 1. The average molecular weight is 460 g/mol. The monoisotopic (exact) mass is 459 g/mol. The number of aryl methyl sites for hydroxylation is 1. The summed E-state index contributed by atoms with van der Waals surface area (Å²) in [6.07, 6.45) is 9.63. The zero-order valence-corrected chi connectivity index (χ0v) is 19.4. The van der Waals surface area contributed by atoms with Gasteiger partial charge in [-0.05, 0) is 92.7 Å². The number of piperidine rings is 1. The molecule has 1 aliphatic heterocycles. The SMILES string of the molecule is C.CN1CCC(CNc2ncc(C3CC3)cc2C(=O)CCc2ccc3c(N)nccc3c2)CC1. The first-order chi connectivity index (χ1) is 16.1. The third kappa shape index (κ3) is 5.55. The summed E-state index contributed by atoms with van der Waals surface area (Å²) in [5.74, 6) is 2.66. The molecule has 1 saturated heterocycles. The second-order valence-corrected chi connectivity index (χ2v) is 9.74. The molecule has 3 N–H and O–H groups in total. The summed E-state index contributed by atoms with van der Waals surface area (Å²) in [6.45, 7) is 3.16. The molecule has 0 spiro atoms. The maximum absolute atomic E-state index is 13.3. The predicted octanol–water partition coefficient (Wildman–Crippen LogP) is 5.29. The van der Waals surface area contributed by atoms with Crippen molar-refractivity contribution in [3.8, 4) is 0 Å². The first kappa shape index (κ1) is 24.1. The number of anilines is 2. The summed E-state index contributed by atoms with van der Waals surface area (Å²) in [5.41, 5.74) is 9.06. The summed E-state index contributed by atoms with van der Waals surface area (Å²) in [7, 11) is 2.18. The quantitative estimate of drug-likeness (QED) is 0.445. The molecule has 1 aromatic carbocycles. The maximum Gasteiger partial charge on any atom is 0.166 e. The molecule has 0 radical (unpaired) electrons. The van der Waals surface area contributed by atoms with Gasteiger partial charge in [-0.3, -0.25) is 4.79 Å². The molecule has 1 saturated carbocycles. The van der Waals surface area contributed by atoms with Crippen molar-refractivity contribution in [3.63, 3.8) is 0 Å². The lowest BCUT2D eigenvalue weighted by Gasteiger charge is -2.29. The van der Waals surface area contributed by atoms with Crippen LogP contribution in [0.25, 0.3) is 10.8 Å². The Morgan fingerprint density at radius 1 is 1.12 bits per heavy atom. The van der Waals surface area contributed by atoms with E-state index in [0.717, 1.165) is 47.4 Å². The topological polar surface area (TPSA) is 84.1 Å². The van der Waals surface area contributed by atoms with Crippen molar-refractivity contribution in [2.24, 2.45) is 5.92 Å². The number of pyridine rings is 2. The van der Waals surface area contributed by atoms with Crippen molar-refractivity contribution in [3.05, 3.63) is 59.4 Å². The number of nitrogens with two attached hydrogens (primary N) is 1. The van der Waals surface area contributed by atoms with Crippen molar-refractivity contribution < 1.29 is 4.79 Å². The number of nitrogens with zero attached hydrogens (tertiary/aromatic N) is 3.